The van der Waals surface area contributed by atoms with E-state index in [-0.39, 0.29) is 35.4 Å². The minimum Gasteiger partial charge on any atom is -0.435 e. The molecule has 1 aliphatic carbocycles. The summed E-state index contributed by atoms with van der Waals surface area (Å²) in [7, 11) is 0. The van der Waals surface area contributed by atoms with Gasteiger partial charge in [-0.3, -0.25) is 4.79 Å². The highest BCUT2D eigenvalue weighted by atomic mass is 35.5. The number of hydrogen-bond acceptors (Lipinski definition) is 5. The fourth-order valence-corrected chi connectivity index (χ4v) is 4.74. The predicted octanol–water partition coefficient (Wildman–Crippen LogP) is 4.47. The standard InChI is InChI=1S/C19H21F2N3O2S.ClH/c1-11-15(12-2-4-13(5-3-12)26-17(20)21)23-18(27-11)24-16(25)14-10-19(14)6-8-22-9-7-19;/h2-5,14,17,22H,6-10H2,1H3,(H,23,24,25);1H. The van der Waals surface area contributed by atoms with Crippen molar-refractivity contribution in [2.45, 2.75) is 32.8 Å². The molecule has 1 aliphatic heterocycles. The summed E-state index contributed by atoms with van der Waals surface area (Å²) in [4.78, 5) is 18.1. The molecule has 4 rings (SSSR count). The molecule has 0 radical (unpaired) electrons. The van der Waals surface area contributed by atoms with Gasteiger partial charge in [0.15, 0.2) is 5.13 Å². The molecule has 1 aromatic carbocycles. The lowest BCUT2D eigenvalue weighted by Gasteiger charge is -2.22. The lowest BCUT2D eigenvalue weighted by molar-refractivity contribution is -0.118. The molecule has 2 heterocycles. The van der Waals surface area contributed by atoms with Gasteiger partial charge in [-0.1, -0.05) is 0 Å². The van der Waals surface area contributed by atoms with Crippen LogP contribution in [0.5, 0.6) is 5.75 Å². The van der Waals surface area contributed by atoms with Crippen LogP contribution in [-0.2, 0) is 4.79 Å². The summed E-state index contributed by atoms with van der Waals surface area (Å²) < 4.78 is 28.9. The Hall–Kier alpha value is -1.77. The number of ether oxygens (including phenoxy) is 1. The van der Waals surface area contributed by atoms with Crippen LogP contribution in [0.4, 0.5) is 13.9 Å². The van der Waals surface area contributed by atoms with Gasteiger partial charge in [0.1, 0.15) is 5.75 Å². The number of piperidine rings is 1. The van der Waals surface area contributed by atoms with Crippen LogP contribution in [0.1, 0.15) is 24.1 Å². The highest BCUT2D eigenvalue weighted by molar-refractivity contribution is 7.16. The molecule has 152 valence electrons. The van der Waals surface area contributed by atoms with Gasteiger partial charge in [-0.15, -0.1) is 23.7 Å². The van der Waals surface area contributed by atoms with Crippen molar-refractivity contribution in [3.05, 3.63) is 29.1 Å². The number of rotatable bonds is 5. The van der Waals surface area contributed by atoms with Crippen molar-refractivity contribution in [2.24, 2.45) is 11.3 Å². The molecular formula is C19H22ClF2N3O2S. The lowest BCUT2D eigenvalue weighted by atomic mass is 9.92. The number of carbonyl (C=O) groups is 1. The molecule has 0 bridgehead atoms. The molecule has 1 aromatic heterocycles. The summed E-state index contributed by atoms with van der Waals surface area (Å²) in [6.45, 7) is 1.05. The third-order valence-corrected chi connectivity index (χ3v) is 6.37. The molecule has 2 aromatic rings. The first-order chi connectivity index (χ1) is 13.0. The van der Waals surface area contributed by atoms with Crippen molar-refractivity contribution in [1.29, 1.82) is 0 Å². The molecule has 5 nitrogen and oxygen atoms in total. The fraction of sp³-hybridized carbons (Fsp3) is 0.474. The predicted molar refractivity (Wildman–Crippen MR) is 107 cm³/mol. The lowest BCUT2D eigenvalue weighted by Crippen LogP contribution is -2.31. The number of hydrogen-bond donors (Lipinski definition) is 2. The van der Waals surface area contributed by atoms with Crippen molar-refractivity contribution in [3.63, 3.8) is 0 Å². The Labute approximate surface area is 172 Å². The molecule has 2 N–H and O–H groups in total. The molecule has 1 atom stereocenters. The molecule has 28 heavy (non-hydrogen) atoms. The van der Waals surface area contributed by atoms with Crippen molar-refractivity contribution < 1.29 is 18.3 Å². The number of amides is 1. The number of anilines is 1. The normalized spacial score (nSPS) is 19.9. The SMILES string of the molecule is Cc1sc(NC(=O)C2CC23CCNCC3)nc1-c1ccc(OC(F)F)cc1.Cl. The molecule has 2 fully saturated rings. The van der Waals surface area contributed by atoms with Gasteiger partial charge in [0, 0.05) is 16.4 Å². The molecule has 1 saturated heterocycles. The highest BCUT2D eigenvalue weighted by Gasteiger charge is 2.57. The second-order valence-electron chi connectivity index (χ2n) is 7.19. The van der Waals surface area contributed by atoms with E-state index in [2.05, 4.69) is 20.4 Å². The summed E-state index contributed by atoms with van der Waals surface area (Å²) >= 11 is 1.43. The van der Waals surface area contributed by atoms with Crippen LogP contribution < -0.4 is 15.4 Å². The summed E-state index contributed by atoms with van der Waals surface area (Å²) in [6, 6.07) is 6.36. The van der Waals surface area contributed by atoms with Gasteiger partial charge in [0.05, 0.1) is 5.69 Å². The molecule has 1 spiro atoms. The van der Waals surface area contributed by atoms with Crippen molar-refractivity contribution in [2.75, 3.05) is 18.4 Å². The maximum Gasteiger partial charge on any atom is 0.387 e. The minimum absolute atomic E-state index is 0. The Balaban J connectivity index is 0.00000225. The maximum atomic E-state index is 12.6. The van der Waals surface area contributed by atoms with E-state index >= 15 is 0 Å². The first kappa shape index (κ1) is 21.0. The van der Waals surface area contributed by atoms with Crippen LogP contribution in [0.3, 0.4) is 0 Å². The molecule has 2 aliphatic rings. The van der Waals surface area contributed by atoms with Gasteiger partial charge >= 0.3 is 6.61 Å². The van der Waals surface area contributed by atoms with E-state index in [4.69, 9.17) is 0 Å². The average molecular weight is 430 g/mol. The van der Waals surface area contributed by atoms with E-state index in [1.165, 1.54) is 23.5 Å². The largest absolute Gasteiger partial charge is 0.435 e. The van der Waals surface area contributed by atoms with Crippen LogP contribution in [0.15, 0.2) is 24.3 Å². The topological polar surface area (TPSA) is 63.2 Å². The quantitative estimate of drug-likeness (QED) is 0.736. The number of thiazole rings is 1. The van der Waals surface area contributed by atoms with Gasteiger partial charge < -0.3 is 15.4 Å². The Kier molecular flexibility index (Phi) is 6.21. The number of benzene rings is 1. The van der Waals surface area contributed by atoms with E-state index in [0.717, 1.165) is 48.5 Å². The molecule has 9 heteroatoms. The number of nitrogens with zero attached hydrogens (tertiary/aromatic N) is 1. The zero-order chi connectivity index (χ0) is 19.0. The van der Waals surface area contributed by atoms with Crippen molar-refractivity contribution in [3.8, 4) is 17.0 Å². The van der Waals surface area contributed by atoms with Gasteiger partial charge in [-0.25, -0.2) is 4.98 Å². The number of nitrogens with one attached hydrogen (secondary N) is 2. The number of halogens is 3. The van der Waals surface area contributed by atoms with E-state index in [9.17, 15) is 13.6 Å². The van der Waals surface area contributed by atoms with E-state index in [0.29, 0.717) is 5.13 Å². The van der Waals surface area contributed by atoms with E-state index in [1.54, 1.807) is 12.1 Å². The Morgan fingerprint density at radius 1 is 1.32 bits per heavy atom. The first-order valence-corrected chi connectivity index (χ1v) is 9.83. The summed E-state index contributed by atoms with van der Waals surface area (Å²) in [5.74, 6) is 0.243. The van der Waals surface area contributed by atoms with Crippen LogP contribution in [0, 0.1) is 18.3 Å². The number of carbonyl (C=O) groups excluding carboxylic acids is 1. The third kappa shape index (κ3) is 4.29. The minimum atomic E-state index is -2.84. The zero-order valence-corrected chi connectivity index (χ0v) is 17.0. The van der Waals surface area contributed by atoms with Crippen molar-refractivity contribution in [1.82, 2.24) is 10.3 Å². The second-order valence-corrected chi connectivity index (χ2v) is 8.39. The monoisotopic (exact) mass is 429 g/mol. The molecule has 1 amide bonds. The van der Waals surface area contributed by atoms with E-state index in [1.807, 2.05) is 6.92 Å². The van der Waals surface area contributed by atoms with Crippen LogP contribution in [0.25, 0.3) is 11.3 Å². The van der Waals surface area contributed by atoms with Crippen LogP contribution in [-0.4, -0.2) is 30.6 Å². The van der Waals surface area contributed by atoms with Gasteiger partial charge in [0.2, 0.25) is 5.91 Å². The zero-order valence-electron chi connectivity index (χ0n) is 15.3. The smallest absolute Gasteiger partial charge is 0.387 e. The fourth-order valence-electron chi connectivity index (χ4n) is 3.90. The Morgan fingerprint density at radius 2 is 2.00 bits per heavy atom. The summed E-state index contributed by atoms with van der Waals surface area (Å²) in [6.07, 6.45) is 3.07. The maximum absolute atomic E-state index is 12.6. The van der Waals surface area contributed by atoms with Crippen LogP contribution >= 0.6 is 23.7 Å². The third-order valence-electron chi connectivity index (χ3n) is 5.49. The Bertz CT molecular complexity index is 838. The Morgan fingerprint density at radius 3 is 2.64 bits per heavy atom. The van der Waals surface area contributed by atoms with E-state index < -0.39 is 6.61 Å². The average Bonchev–Trinajstić information content (AvgIpc) is 3.20. The summed E-state index contributed by atoms with van der Waals surface area (Å²) in [5.41, 5.74) is 1.73. The second kappa shape index (κ2) is 8.31. The van der Waals surface area contributed by atoms with Gasteiger partial charge in [-0.2, -0.15) is 8.78 Å². The number of aryl methyl sites for hydroxylation is 1. The first-order valence-electron chi connectivity index (χ1n) is 9.01. The molecular weight excluding hydrogens is 408 g/mol. The van der Waals surface area contributed by atoms with Crippen LogP contribution in [0.2, 0.25) is 0 Å². The molecule has 1 unspecified atom stereocenters. The number of aromatic nitrogens is 1. The van der Waals surface area contributed by atoms with Gasteiger partial charge in [0.25, 0.3) is 0 Å². The highest BCUT2D eigenvalue weighted by Crippen LogP contribution is 2.58. The summed E-state index contributed by atoms with van der Waals surface area (Å²) in [5, 5.41) is 6.89. The van der Waals surface area contributed by atoms with Gasteiger partial charge in [-0.05, 0) is 69.0 Å². The molecule has 1 saturated carbocycles. The van der Waals surface area contributed by atoms with Crippen molar-refractivity contribution >= 4 is 34.8 Å². The number of alkyl halides is 2.